The molecule has 0 saturated carbocycles. The number of carbonyl (C=O) groups excluding carboxylic acids is 3. The topological polar surface area (TPSA) is 79.0 Å². The monoisotopic (exact) mass is 525 g/mol. The van der Waals surface area contributed by atoms with Crippen molar-refractivity contribution < 1.29 is 19.1 Å². The standard InChI is InChI=1S/C32H35N3O4/c1-34(2)28-14-12-27(13-15-28)26-10-7-24(8-11-26)22-35(31(37)21-25-17-18-33-30(36)20-25)29-6-4-5-23(19-29)9-16-32(38)39-3/h4-16,19,25H,17-18,20-22H2,1-3H3,(H,33,36)/b16-9+. The molecule has 4 rings (SSSR count). The van der Waals surface area contributed by atoms with Crippen LogP contribution in [0.5, 0.6) is 0 Å². The summed E-state index contributed by atoms with van der Waals surface area (Å²) < 4.78 is 4.69. The molecule has 1 aliphatic heterocycles. The molecule has 3 aromatic rings. The highest BCUT2D eigenvalue weighted by atomic mass is 16.5. The van der Waals surface area contributed by atoms with Crippen molar-refractivity contribution in [3.63, 3.8) is 0 Å². The maximum atomic E-state index is 13.6. The Morgan fingerprint density at radius 3 is 2.31 bits per heavy atom. The lowest BCUT2D eigenvalue weighted by molar-refractivity contribution is -0.134. The number of piperidine rings is 1. The summed E-state index contributed by atoms with van der Waals surface area (Å²) in [6.45, 7) is 0.989. The van der Waals surface area contributed by atoms with Gasteiger partial charge in [0.2, 0.25) is 11.8 Å². The Morgan fingerprint density at radius 1 is 0.974 bits per heavy atom. The first-order valence-corrected chi connectivity index (χ1v) is 13.1. The van der Waals surface area contributed by atoms with Crippen LogP contribution in [-0.2, 0) is 25.7 Å². The van der Waals surface area contributed by atoms with Crippen LogP contribution >= 0.6 is 0 Å². The smallest absolute Gasteiger partial charge is 0.330 e. The van der Waals surface area contributed by atoms with Crippen molar-refractivity contribution in [2.45, 2.75) is 25.8 Å². The highest BCUT2D eigenvalue weighted by molar-refractivity contribution is 5.94. The molecule has 7 heteroatoms. The van der Waals surface area contributed by atoms with Gasteiger partial charge in [0.25, 0.3) is 0 Å². The first kappa shape index (κ1) is 27.6. The average molecular weight is 526 g/mol. The molecule has 1 aliphatic rings. The molecule has 0 aliphatic carbocycles. The van der Waals surface area contributed by atoms with E-state index >= 15 is 0 Å². The van der Waals surface area contributed by atoms with Gasteiger partial charge in [0.15, 0.2) is 0 Å². The summed E-state index contributed by atoms with van der Waals surface area (Å²) in [7, 11) is 5.37. The second kappa shape index (κ2) is 12.9. The molecule has 39 heavy (non-hydrogen) atoms. The highest BCUT2D eigenvalue weighted by Gasteiger charge is 2.25. The number of ether oxygens (including phenoxy) is 1. The number of anilines is 2. The van der Waals surface area contributed by atoms with Crippen molar-refractivity contribution in [1.82, 2.24) is 5.32 Å². The van der Waals surface area contributed by atoms with Gasteiger partial charge in [0, 0.05) is 50.9 Å². The van der Waals surface area contributed by atoms with Gasteiger partial charge < -0.3 is 19.9 Å². The summed E-state index contributed by atoms with van der Waals surface area (Å²) in [5, 5.41) is 2.84. The number of hydrogen-bond donors (Lipinski definition) is 1. The lowest BCUT2D eigenvalue weighted by atomic mass is 9.93. The summed E-state index contributed by atoms with van der Waals surface area (Å²) in [5.74, 6) is -0.467. The molecular formula is C32H35N3O4. The number of nitrogens with one attached hydrogen (secondary N) is 1. The summed E-state index contributed by atoms with van der Waals surface area (Å²) >= 11 is 0. The van der Waals surface area contributed by atoms with E-state index < -0.39 is 5.97 Å². The van der Waals surface area contributed by atoms with Crippen LogP contribution in [0.3, 0.4) is 0 Å². The van der Waals surface area contributed by atoms with Crippen molar-refractivity contribution >= 4 is 35.2 Å². The number of carbonyl (C=O) groups is 3. The van der Waals surface area contributed by atoms with Crippen LogP contribution in [0, 0.1) is 5.92 Å². The third-order valence-corrected chi connectivity index (χ3v) is 6.92. The minimum atomic E-state index is -0.444. The zero-order valence-corrected chi connectivity index (χ0v) is 22.7. The SMILES string of the molecule is COC(=O)/C=C/c1cccc(N(Cc2ccc(-c3ccc(N(C)C)cc3)cc2)C(=O)CC2CCNC(=O)C2)c1. The third-order valence-electron chi connectivity index (χ3n) is 6.92. The molecule has 1 saturated heterocycles. The zero-order valence-electron chi connectivity index (χ0n) is 22.7. The Hall–Kier alpha value is -4.39. The Morgan fingerprint density at radius 2 is 1.67 bits per heavy atom. The first-order valence-electron chi connectivity index (χ1n) is 13.1. The molecule has 1 fully saturated rings. The summed E-state index contributed by atoms with van der Waals surface area (Å²) in [6, 6.07) is 24.1. The molecule has 1 atom stereocenters. The molecule has 2 amide bonds. The van der Waals surface area contributed by atoms with E-state index in [4.69, 9.17) is 4.74 Å². The minimum absolute atomic E-state index is 0.00486. The van der Waals surface area contributed by atoms with E-state index in [0.29, 0.717) is 25.9 Å². The lowest BCUT2D eigenvalue weighted by Gasteiger charge is -2.27. The van der Waals surface area contributed by atoms with Crippen LogP contribution in [0.4, 0.5) is 11.4 Å². The van der Waals surface area contributed by atoms with Crippen LogP contribution < -0.4 is 15.1 Å². The maximum absolute atomic E-state index is 13.6. The van der Waals surface area contributed by atoms with Crippen LogP contribution in [0.15, 0.2) is 78.9 Å². The Bertz CT molecular complexity index is 1330. The predicted molar refractivity (Wildman–Crippen MR) is 155 cm³/mol. The summed E-state index contributed by atoms with van der Waals surface area (Å²) in [6.07, 6.45) is 4.47. The first-order chi connectivity index (χ1) is 18.8. The maximum Gasteiger partial charge on any atom is 0.330 e. The van der Waals surface area contributed by atoms with Crippen LogP contribution in [0.25, 0.3) is 17.2 Å². The Labute approximate surface area is 230 Å². The molecule has 202 valence electrons. The Balaban J connectivity index is 1.57. The fraction of sp³-hybridized carbons (Fsp3) is 0.281. The van der Waals surface area contributed by atoms with E-state index in [1.807, 2.05) is 50.5 Å². The van der Waals surface area contributed by atoms with Gasteiger partial charge in [-0.1, -0.05) is 48.5 Å². The zero-order chi connectivity index (χ0) is 27.8. The van der Waals surface area contributed by atoms with Gasteiger partial charge in [-0.15, -0.1) is 0 Å². The van der Waals surface area contributed by atoms with Gasteiger partial charge in [-0.05, 0) is 64.9 Å². The number of esters is 1. The Kier molecular flexibility index (Phi) is 9.15. The van der Waals surface area contributed by atoms with E-state index in [-0.39, 0.29) is 17.7 Å². The molecule has 7 nitrogen and oxygen atoms in total. The van der Waals surface area contributed by atoms with Gasteiger partial charge in [0.1, 0.15) is 0 Å². The average Bonchev–Trinajstić information content (AvgIpc) is 2.95. The van der Waals surface area contributed by atoms with Crippen molar-refractivity contribution in [1.29, 1.82) is 0 Å². The summed E-state index contributed by atoms with van der Waals surface area (Å²) in [5.41, 5.74) is 5.88. The summed E-state index contributed by atoms with van der Waals surface area (Å²) in [4.78, 5) is 40.9. The minimum Gasteiger partial charge on any atom is -0.466 e. The molecular weight excluding hydrogens is 490 g/mol. The quantitative estimate of drug-likeness (QED) is 0.312. The van der Waals surface area contributed by atoms with Gasteiger partial charge in [0.05, 0.1) is 13.7 Å². The predicted octanol–water partition coefficient (Wildman–Crippen LogP) is 5.06. The third kappa shape index (κ3) is 7.57. The molecule has 1 N–H and O–H groups in total. The lowest BCUT2D eigenvalue weighted by Crippen LogP contribution is -2.37. The molecule has 1 heterocycles. The van der Waals surface area contributed by atoms with Gasteiger partial charge in [-0.2, -0.15) is 0 Å². The number of rotatable bonds is 9. The fourth-order valence-corrected chi connectivity index (χ4v) is 4.67. The van der Waals surface area contributed by atoms with Crippen LogP contribution in [-0.4, -0.2) is 45.5 Å². The van der Waals surface area contributed by atoms with E-state index in [0.717, 1.165) is 40.0 Å². The fourth-order valence-electron chi connectivity index (χ4n) is 4.67. The second-order valence-corrected chi connectivity index (χ2v) is 9.98. The molecule has 0 aromatic heterocycles. The largest absolute Gasteiger partial charge is 0.466 e. The molecule has 3 aromatic carbocycles. The number of hydrogen-bond acceptors (Lipinski definition) is 5. The van der Waals surface area contributed by atoms with Gasteiger partial charge >= 0.3 is 5.97 Å². The van der Waals surface area contributed by atoms with E-state index in [9.17, 15) is 14.4 Å². The van der Waals surface area contributed by atoms with Crippen molar-refractivity contribution in [2.24, 2.45) is 5.92 Å². The number of benzene rings is 3. The van der Waals surface area contributed by atoms with Gasteiger partial charge in [-0.3, -0.25) is 9.59 Å². The van der Waals surface area contributed by atoms with E-state index in [2.05, 4.69) is 46.6 Å². The number of amides is 2. The van der Waals surface area contributed by atoms with Crippen molar-refractivity contribution in [3.8, 4) is 11.1 Å². The molecule has 0 radical (unpaired) electrons. The van der Waals surface area contributed by atoms with Crippen LogP contribution in [0.2, 0.25) is 0 Å². The highest BCUT2D eigenvalue weighted by Crippen LogP contribution is 2.27. The van der Waals surface area contributed by atoms with Crippen molar-refractivity contribution in [2.75, 3.05) is 37.5 Å². The normalized spacial score (nSPS) is 15.1. The van der Waals surface area contributed by atoms with Crippen molar-refractivity contribution in [3.05, 3.63) is 90.0 Å². The molecule has 0 bridgehead atoms. The van der Waals surface area contributed by atoms with E-state index in [1.165, 1.54) is 13.2 Å². The van der Waals surface area contributed by atoms with Crippen LogP contribution in [0.1, 0.15) is 30.4 Å². The second-order valence-electron chi connectivity index (χ2n) is 9.98. The molecule has 0 spiro atoms. The van der Waals surface area contributed by atoms with E-state index in [1.54, 1.807) is 11.0 Å². The molecule has 1 unspecified atom stereocenters. The number of methoxy groups -OCH3 is 1. The number of nitrogens with zero attached hydrogens (tertiary/aromatic N) is 2. The van der Waals surface area contributed by atoms with Gasteiger partial charge in [-0.25, -0.2) is 4.79 Å².